The van der Waals surface area contributed by atoms with Gasteiger partial charge in [-0.1, -0.05) is 18.2 Å². The summed E-state index contributed by atoms with van der Waals surface area (Å²) in [4.78, 5) is 4.71. The highest BCUT2D eigenvalue weighted by Crippen LogP contribution is 2.20. The Morgan fingerprint density at radius 1 is 1.33 bits per heavy atom. The minimum Gasteiger partial charge on any atom is -0.547 e. The van der Waals surface area contributed by atoms with Crippen LogP contribution in [0.4, 0.5) is 0 Å². The van der Waals surface area contributed by atoms with Crippen molar-refractivity contribution in [3.8, 4) is 5.75 Å². The Bertz CT molecular complexity index is 647. The zero-order valence-corrected chi connectivity index (χ0v) is 14.6. The zero-order chi connectivity index (χ0) is 15.4. The van der Waals surface area contributed by atoms with Crippen LogP contribution >= 0.6 is 0 Å². The maximum Gasteiger partial charge on any atom is 0.229 e. The van der Waals surface area contributed by atoms with Crippen molar-refractivity contribution in [3.05, 3.63) is 47.3 Å². The van der Waals surface area contributed by atoms with E-state index in [0.717, 1.165) is 28.3 Å². The van der Waals surface area contributed by atoms with Crippen LogP contribution in [0.2, 0.25) is 13.1 Å². The molecule has 0 amide bonds. The van der Waals surface area contributed by atoms with Gasteiger partial charge in [0.1, 0.15) is 5.75 Å². The molecule has 1 aromatic heterocycles. The summed E-state index contributed by atoms with van der Waals surface area (Å²) in [6.45, 7) is 9.07. The standard InChI is InChI=1S/C16H23N3OSi/c1-12(15-11-18-19(3)13(15)2)17-10-14-8-6-7-9-16(14)20-21(4)5/h6-9,11,21H,10H2,1-5H3. The molecule has 0 aliphatic carbocycles. The van der Waals surface area contributed by atoms with Crippen LogP contribution in [0.5, 0.6) is 5.75 Å². The van der Waals surface area contributed by atoms with Gasteiger partial charge in [-0.05, 0) is 33.0 Å². The molecular formula is C16H23N3OSi. The Kier molecular flexibility index (Phi) is 4.96. The quantitative estimate of drug-likeness (QED) is 0.629. The molecule has 2 rings (SSSR count). The fourth-order valence-corrected chi connectivity index (χ4v) is 2.88. The van der Waals surface area contributed by atoms with Crippen LogP contribution in [0, 0.1) is 6.92 Å². The number of hydrogen-bond acceptors (Lipinski definition) is 3. The van der Waals surface area contributed by atoms with Crippen molar-refractivity contribution in [3.63, 3.8) is 0 Å². The fourth-order valence-electron chi connectivity index (χ4n) is 2.15. The third kappa shape index (κ3) is 3.82. The highest BCUT2D eigenvalue weighted by Gasteiger charge is 2.08. The topological polar surface area (TPSA) is 39.4 Å². The van der Waals surface area contributed by atoms with Gasteiger partial charge in [-0.3, -0.25) is 9.67 Å². The maximum atomic E-state index is 5.96. The smallest absolute Gasteiger partial charge is 0.229 e. The summed E-state index contributed by atoms with van der Waals surface area (Å²) < 4.78 is 7.84. The Morgan fingerprint density at radius 2 is 2.05 bits per heavy atom. The molecule has 112 valence electrons. The van der Waals surface area contributed by atoms with Crippen molar-refractivity contribution < 1.29 is 4.43 Å². The van der Waals surface area contributed by atoms with E-state index in [2.05, 4.69) is 31.2 Å². The van der Waals surface area contributed by atoms with Gasteiger partial charge in [0.15, 0.2) is 0 Å². The average Bonchev–Trinajstić information content (AvgIpc) is 2.77. The highest BCUT2D eigenvalue weighted by molar-refractivity contribution is 6.49. The molecule has 0 saturated carbocycles. The summed E-state index contributed by atoms with van der Waals surface area (Å²) in [5.41, 5.74) is 4.39. The van der Waals surface area contributed by atoms with Gasteiger partial charge in [0, 0.05) is 29.6 Å². The zero-order valence-electron chi connectivity index (χ0n) is 13.4. The molecule has 21 heavy (non-hydrogen) atoms. The largest absolute Gasteiger partial charge is 0.547 e. The molecule has 0 spiro atoms. The van der Waals surface area contributed by atoms with E-state index in [-0.39, 0.29) is 0 Å². The number of hydrogen-bond donors (Lipinski definition) is 0. The lowest BCUT2D eigenvalue weighted by Crippen LogP contribution is -2.12. The molecule has 1 aromatic carbocycles. The Morgan fingerprint density at radius 3 is 2.67 bits per heavy atom. The van der Waals surface area contributed by atoms with Crippen molar-refractivity contribution in [2.75, 3.05) is 0 Å². The molecule has 0 aliphatic rings. The maximum absolute atomic E-state index is 5.96. The third-order valence-electron chi connectivity index (χ3n) is 3.45. The molecule has 0 saturated heterocycles. The van der Waals surface area contributed by atoms with Gasteiger partial charge >= 0.3 is 0 Å². The molecule has 2 aromatic rings. The fraction of sp³-hybridized carbons (Fsp3) is 0.375. The normalized spacial score (nSPS) is 12.0. The highest BCUT2D eigenvalue weighted by atomic mass is 28.3. The van der Waals surface area contributed by atoms with Gasteiger partial charge in [-0.15, -0.1) is 0 Å². The number of aromatic nitrogens is 2. The van der Waals surface area contributed by atoms with E-state index in [4.69, 9.17) is 9.42 Å². The van der Waals surface area contributed by atoms with Gasteiger partial charge in [0.05, 0.1) is 12.7 Å². The number of benzene rings is 1. The SMILES string of the molecule is CC(=NCc1ccccc1O[SiH](C)C)c1cnn(C)c1C. The first-order valence-corrected chi connectivity index (χ1v) is 10.0. The van der Waals surface area contributed by atoms with Crippen LogP contribution < -0.4 is 4.43 Å². The Hall–Kier alpha value is -1.88. The van der Waals surface area contributed by atoms with E-state index in [0.29, 0.717) is 6.54 Å². The molecule has 0 aliphatic heterocycles. The van der Waals surface area contributed by atoms with Crippen molar-refractivity contribution in [2.45, 2.75) is 33.5 Å². The van der Waals surface area contributed by atoms with E-state index in [1.807, 2.05) is 43.0 Å². The second-order valence-corrected chi connectivity index (χ2v) is 7.78. The molecule has 1 heterocycles. The van der Waals surface area contributed by atoms with Crippen molar-refractivity contribution >= 4 is 14.8 Å². The number of aryl methyl sites for hydroxylation is 1. The minimum absolute atomic E-state index is 0.636. The lowest BCUT2D eigenvalue weighted by Gasteiger charge is -2.13. The molecule has 0 fully saturated rings. The second kappa shape index (κ2) is 6.71. The van der Waals surface area contributed by atoms with Gasteiger partial charge in [0.25, 0.3) is 0 Å². The molecular weight excluding hydrogens is 278 g/mol. The van der Waals surface area contributed by atoms with Crippen molar-refractivity contribution in [1.82, 2.24) is 9.78 Å². The molecule has 0 N–H and O–H groups in total. The molecule has 5 heteroatoms. The third-order valence-corrected chi connectivity index (χ3v) is 4.17. The van der Waals surface area contributed by atoms with E-state index in [9.17, 15) is 0 Å². The minimum atomic E-state index is -1.10. The van der Waals surface area contributed by atoms with E-state index >= 15 is 0 Å². The Labute approximate surface area is 128 Å². The van der Waals surface area contributed by atoms with Gasteiger partial charge in [-0.25, -0.2) is 0 Å². The lowest BCUT2D eigenvalue weighted by molar-refractivity contribution is 0.571. The summed E-state index contributed by atoms with van der Waals surface area (Å²) in [5, 5.41) is 4.27. The van der Waals surface area contributed by atoms with Gasteiger partial charge < -0.3 is 4.43 Å². The predicted molar refractivity (Wildman–Crippen MR) is 89.8 cm³/mol. The first-order chi connectivity index (χ1) is 9.99. The van der Waals surface area contributed by atoms with Crippen LogP contribution in [0.3, 0.4) is 0 Å². The number of para-hydroxylation sites is 1. The number of aliphatic imine (C=N–C) groups is 1. The predicted octanol–water partition coefficient (Wildman–Crippen LogP) is 3.10. The van der Waals surface area contributed by atoms with Crippen molar-refractivity contribution in [1.29, 1.82) is 0 Å². The van der Waals surface area contributed by atoms with Crippen LogP contribution in [-0.2, 0) is 13.6 Å². The monoisotopic (exact) mass is 301 g/mol. The molecule has 4 nitrogen and oxygen atoms in total. The van der Waals surface area contributed by atoms with E-state index in [1.54, 1.807) is 0 Å². The second-order valence-electron chi connectivity index (χ2n) is 5.44. The van der Waals surface area contributed by atoms with Crippen molar-refractivity contribution in [2.24, 2.45) is 12.0 Å². The lowest BCUT2D eigenvalue weighted by atomic mass is 10.1. The van der Waals surface area contributed by atoms with Crippen LogP contribution in [0.25, 0.3) is 0 Å². The summed E-state index contributed by atoms with van der Waals surface area (Å²) in [6.07, 6.45) is 1.87. The number of nitrogens with zero attached hydrogens (tertiary/aromatic N) is 3. The summed E-state index contributed by atoms with van der Waals surface area (Å²) in [5.74, 6) is 0.971. The molecule has 0 atom stereocenters. The van der Waals surface area contributed by atoms with Gasteiger partial charge in [-0.2, -0.15) is 5.10 Å². The van der Waals surface area contributed by atoms with E-state index in [1.165, 1.54) is 0 Å². The summed E-state index contributed by atoms with van der Waals surface area (Å²) >= 11 is 0. The molecule has 0 radical (unpaired) electrons. The summed E-state index contributed by atoms with van der Waals surface area (Å²) in [6, 6.07) is 8.16. The van der Waals surface area contributed by atoms with Gasteiger partial charge in [0.2, 0.25) is 9.04 Å². The first-order valence-electron chi connectivity index (χ1n) is 7.23. The first kappa shape index (κ1) is 15.5. The Balaban J connectivity index is 2.19. The molecule has 0 unspecified atom stereocenters. The van der Waals surface area contributed by atoms with Crippen LogP contribution in [0.1, 0.15) is 23.7 Å². The average molecular weight is 301 g/mol. The number of rotatable bonds is 5. The summed E-state index contributed by atoms with van der Waals surface area (Å²) in [7, 11) is 0.846. The molecule has 0 bridgehead atoms. The van der Waals surface area contributed by atoms with E-state index < -0.39 is 9.04 Å². The van der Waals surface area contributed by atoms with Crippen LogP contribution in [0.15, 0.2) is 35.5 Å². The van der Waals surface area contributed by atoms with Crippen LogP contribution in [-0.4, -0.2) is 24.5 Å².